The highest BCUT2D eigenvalue weighted by Crippen LogP contribution is 1.88. The van der Waals surface area contributed by atoms with Gasteiger partial charge in [-0.3, -0.25) is 4.79 Å². The van der Waals surface area contributed by atoms with Crippen LogP contribution in [0.3, 0.4) is 0 Å². The Bertz CT molecular complexity index is 117. The molecule has 0 saturated carbocycles. The van der Waals surface area contributed by atoms with Crippen molar-refractivity contribution in [3.63, 3.8) is 0 Å². The summed E-state index contributed by atoms with van der Waals surface area (Å²) < 4.78 is 0. The molecule has 0 saturated heterocycles. The molecular weight excluding hydrogens is 150 g/mol. The first-order valence-corrected chi connectivity index (χ1v) is 3.41. The van der Waals surface area contributed by atoms with Crippen LogP contribution >= 0.6 is 0 Å². The summed E-state index contributed by atoms with van der Waals surface area (Å²) in [5, 5.41) is 17.1. The molecule has 0 aromatic heterocycles. The zero-order chi connectivity index (χ0) is 8.69. The lowest BCUT2D eigenvalue weighted by atomic mass is 10.2. The molecule has 0 radical (unpaired) electrons. The summed E-state index contributed by atoms with van der Waals surface area (Å²) in [6.07, 6.45) is -1.15. The fourth-order valence-corrected chi connectivity index (χ4v) is 0.531. The van der Waals surface area contributed by atoms with Gasteiger partial charge in [0.2, 0.25) is 0 Å². The van der Waals surface area contributed by atoms with E-state index in [1.165, 1.54) is 0 Å². The molecule has 0 amide bonds. The molecule has 3 N–H and O–H groups in total. The number of aliphatic carboxylic acids is 1. The molecule has 5 heteroatoms. The molecule has 0 aromatic rings. The van der Waals surface area contributed by atoms with Crippen LogP contribution in [0.5, 0.6) is 0 Å². The predicted molar refractivity (Wildman–Crippen MR) is 37.9 cm³/mol. The first kappa shape index (κ1) is 10.3. The fourth-order valence-electron chi connectivity index (χ4n) is 0.531. The van der Waals surface area contributed by atoms with Gasteiger partial charge in [-0.2, -0.15) is 5.48 Å². The summed E-state index contributed by atoms with van der Waals surface area (Å²) in [5.74, 6) is -1.02. The van der Waals surface area contributed by atoms with E-state index in [0.717, 1.165) is 0 Å². The molecule has 0 aliphatic rings. The van der Waals surface area contributed by atoms with Gasteiger partial charge in [-0.1, -0.05) is 0 Å². The van der Waals surface area contributed by atoms with E-state index in [-0.39, 0.29) is 13.0 Å². The minimum absolute atomic E-state index is 0.139. The molecule has 1 atom stereocenters. The summed E-state index contributed by atoms with van der Waals surface area (Å²) in [5.41, 5.74) is 2.43. The molecule has 0 spiro atoms. The van der Waals surface area contributed by atoms with Crippen molar-refractivity contribution in [1.82, 2.24) is 5.48 Å². The quantitative estimate of drug-likeness (QED) is 0.358. The Labute approximate surface area is 64.9 Å². The second-order valence-electron chi connectivity index (χ2n) is 2.03. The average Bonchev–Trinajstić information content (AvgIpc) is 1.86. The number of aliphatic hydroxyl groups excluding tert-OH is 1. The maximum absolute atomic E-state index is 10.0. The van der Waals surface area contributed by atoms with E-state index in [2.05, 4.69) is 10.3 Å². The lowest BCUT2D eigenvalue weighted by molar-refractivity contribution is -0.139. The average molecular weight is 163 g/mol. The summed E-state index contributed by atoms with van der Waals surface area (Å²) in [4.78, 5) is 14.7. The highest BCUT2D eigenvalue weighted by Gasteiger charge is 2.07. The van der Waals surface area contributed by atoms with Gasteiger partial charge >= 0.3 is 5.97 Å². The van der Waals surface area contributed by atoms with Crippen molar-refractivity contribution in [3.8, 4) is 0 Å². The number of aliphatic hydroxyl groups is 1. The summed E-state index contributed by atoms with van der Waals surface area (Å²) >= 11 is 0. The zero-order valence-electron chi connectivity index (χ0n) is 6.41. The molecule has 5 nitrogen and oxygen atoms in total. The van der Waals surface area contributed by atoms with Crippen LogP contribution in [0.2, 0.25) is 0 Å². The Kier molecular flexibility index (Phi) is 5.73. The van der Waals surface area contributed by atoms with E-state index in [1.54, 1.807) is 6.92 Å². The second kappa shape index (κ2) is 6.09. The summed E-state index contributed by atoms with van der Waals surface area (Å²) in [7, 11) is 0. The number of hydrogen-bond donors (Lipinski definition) is 3. The normalized spacial score (nSPS) is 12.9. The molecular formula is C6H13NO4. The number of hydrogen-bond acceptors (Lipinski definition) is 4. The van der Waals surface area contributed by atoms with Crippen LogP contribution in [0.25, 0.3) is 0 Å². The Morgan fingerprint density at radius 1 is 1.73 bits per heavy atom. The largest absolute Gasteiger partial charge is 0.481 e. The van der Waals surface area contributed by atoms with Crippen molar-refractivity contribution in [2.75, 3.05) is 13.2 Å². The van der Waals surface area contributed by atoms with Crippen LogP contribution < -0.4 is 5.48 Å². The van der Waals surface area contributed by atoms with Crippen molar-refractivity contribution in [3.05, 3.63) is 0 Å². The molecule has 0 aromatic carbocycles. The van der Waals surface area contributed by atoms with Gasteiger partial charge in [0.15, 0.2) is 0 Å². The molecule has 0 aliphatic carbocycles. The van der Waals surface area contributed by atoms with Crippen molar-refractivity contribution >= 4 is 5.97 Å². The van der Waals surface area contributed by atoms with E-state index in [0.29, 0.717) is 6.61 Å². The van der Waals surface area contributed by atoms with E-state index in [4.69, 9.17) is 10.2 Å². The van der Waals surface area contributed by atoms with Crippen LogP contribution in [0, 0.1) is 0 Å². The molecule has 66 valence electrons. The zero-order valence-corrected chi connectivity index (χ0v) is 6.41. The Morgan fingerprint density at radius 2 is 2.36 bits per heavy atom. The van der Waals surface area contributed by atoms with Gasteiger partial charge in [-0.15, -0.1) is 0 Å². The summed E-state index contributed by atoms with van der Waals surface area (Å²) in [6, 6.07) is 0. The van der Waals surface area contributed by atoms with Gasteiger partial charge in [-0.25, -0.2) is 0 Å². The van der Waals surface area contributed by atoms with Crippen LogP contribution in [-0.4, -0.2) is 35.4 Å². The Hall–Kier alpha value is -0.650. The number of nitrogens with one attached hydrogen (secondary N) is 1. The highest BCUT2D eigenvalue weighted by atomic mass is 16.6. The SMILES string of the molecule is CCONCC(O)CC(=O)O. The molecule has 11 heavy (non-hydrogen) atoms. The van der Waals surface area contributed by atoms with Crippen LogP contribution in [0.15, 0.2) is 0 Å². The van der Waals surface area contributed by atoms with Crippen molar-refractivity contribution in [2.45, 2.75) is 19.4 Å². The molecule has 0 rings (SSSR count). The van der Waals surface area contributed by atoms with E-state index in [1.807, 2.05) is 0 Å². The van der Waals surface area contributed by atoms with E-state index < -0.39 is 12.1 Å². The third-order valence-corrected chi connectivity index (χ3v) is 0.976. The lowest BCUT2D eigenvalue weighted by Crippen LogP contribution is -2.28. The van der Waals surface area contributed by atoms with Gasteiger partial charge in [-0.05, 0) is 6.92 Å². The molecule has 1 unspecified atom stereocenters. The maximum atomic E-state index is 10.0. The Balaban J connectivity index is 3.22. The number of rotatable bonds is 6. The number of carboxylic acids is 1. The first-order chi connectivity index (χ1) is 5.16. The molecule has 0 fully saturated rings. The fraction of sp³-hybridized carbons (Fsp3) is 0.833. The topological polar surface area (TPSA) is 78.8 Å². The van der Waals surface area contributed by atoms with Crippen molar-refractivity contribution in [2.24, 2.45) is 0 Å². The molecule has 0 heterocycles. The standard InChI is InChI=1S/C6H13NO4/c1-2-11-7-4-5(8)3-6(9)10/h5,7-8H,2-4H2,1H3,(H,9,10). The van der Waals surface area contributed by atoms with Gasteiger partial charge in [0.25, 0.3) is 0 Å². The van der Waals surface area contributed by atoms with Gasteiger partial charge in [0.1, 0.15) is 0 Å². The Morgan fingerprint density at radius 3 is 2.82 bits per heavy atom. The minimum Gasteiger partial charge on any atom is -0.481 e. The first-order valence-electron chi connectivity index (χ1n) is 3.41. The van der Waals surface area contributed by atoms with Crippen LogP contribution in [0.1, 0.15) is 13.3 Å². The minimum atomic E-state index is -1.02. The highest BCUT2D eigenvalue weighted by molar-refractivity contribution is 5.67. The van der Waals surface area contributed by atoms with E-state index in [9.17, 15) is 4.79 Å². The smallest absolute Gasteiger partial charge is 0.306 e. The predicted octanol–water partition coefficient (Wildman–Crippen LogP) is -0.637. The number of carbonyl (C=O) groups is 1. The molecule has 0 bridgehead atoms. The monoisotopic (exact) mass is 163 g/mol. The third kappa shape index (κ3) is 7.24. The third-order valence-electron chi connectivity index (χ3n) is 0.976. The lowest BCUT2D eigenvalue weighted by Gasteiger charge is -2.07. The second-order valence-corrected chi connectivity index (χ2v) is 2.03. The van der Waals surface area contributed by atoms with Gasteiger partial charge in [0, 0.05) is 6.54 Å². The van der Waals surface area contributed by atoms with E-state index >= 15 is 0 Å². The van der Waals surface area contributed by atoms with Crippen molar-refractivity contribution in [1.29, 1.82) is 0 Å². The van der Waals surface area contributed by atoms with Gasteiger partial charge in [0.05, 0.1) is 19.1 Å². The van der Waals surface area contributed by atoms with Gasteiger partial charge < -0.3 is 15.1 Å². The molecule has 0 aliphatic heterocycles. The summed E-state index contributed by atoms with van der Waals surface area (Å²) in [6.45, 7) is 2.41. The van der Waals surface area contributed by atoms with Crippen LogP contribution in [-0.2, 0) is 9.63 Å². The number of carboxylic acid groups (broad SMARTS) is 1. The number of hydroxylamine groups is 1. The van der Waals surface area contributed by atoms with Crippen molar-refractivity contribution < 1.29 is 19.8 Å². The van der Waals surface area contributed by atoms with Crippen LogP contribution in [0.4, 0.5) is 0 Å². The maximum Gasteiger partial charge on any atom is 0.306 e.